The van der Waals surface area contributed by atoms with Crippen LogP contribution in [0.1, 0.15) is 24.6 Å². The van der Waals surface area contributed by atoms with Crippen LogP contribution < -0.4 is 10.6 Å². The van der Waals surface area contributed by atoms with Crippen molar-refractivity contribution < 1.29 is 14.0 Å². The summed E-state index contributed by atoms with van der Waals surface area (Å²) in [6.45, 7) is 7.97. The summed E-state index contributed by atoms with van der Waals surface area (Å²) in [5.74, 6) is -0.448. The molecule has 1 aromatic heterocycles. The number of likely N-dealkylation sites (tertiary alicyclic amines) is 1. The Bertz CT molecular complexity index is 979. The van der Waals surface area contributed by atoms with E-state index in [1.807, 2.05) is 23.6 Å². The van der Waals surface area contributed by atoms with Crippen molar-refractivity contribution in [3.05, 3.63) is 53.6 Å². The molecule has 0 spiro atoms. The third kappa shape index (κ3) is 4.99. The van der Waals surface area contributed by atoms with Crippen LogP contribution >= 0.6 is 0 Å². The van der Waals surface area contributed by atoms with Gasteiger partial charge in [-0.25, -0.2) is 14.0 Å². The molecule has 2 saturated heterocycles. The molecule has 2 N–H and O–H groups in total. The Kier molecular flexibility index (Phi) is 6.55. The van der Waals surface area contributed by atoms with E-state index in [9.17, 15) is 9.59 Å². The fourth-order valence-corrected chi connectivity index (χ4v) is 4.02. The first-order chi connectivity index (χ1) is 15.4. The summed E-state index contributed by atoms with van der Waals surface area (Å²) in [6.07, 6.45) is 2.62. The second-order valence-corrected chi connectivity index (χ2v) is 8.45. The topological polar surface area (TPSA) is 80.8 Å². The van der Waals surface area contributed by atoms with Crippen LogP contribution in [0.2, 0.25) is 0 Å². The van der Waals surface area contributed by atoms with Gasteiger partial charge in [-0.2, -0.15) is 0 Å². The van der Waals surface area contributed by atoms with E-state index in [4.69, 9.17) is 0 Å². The van der Waals surface area contributed by atoms with Crippen LogP contribution in [-0.4, -0.2) is 70.5 Å². The fourth-order valence-electron chi connectivity index (χ4n) is 4.02. The zero-order valence-corrected chi connectivity index (χ0v) is 18.5. The Balaban J connectivity index is 1.34. The third-order valence-corrected chi connectivity index (χ3v) is 5.97. The first kappa shape index (κ1) is 22.0. The van der Waals surface area contributed by atoms with Gasteiger partial charge in [0, 0.05) is 56.6 Å². The maximum absolute atomic E-state index is 15.1. The first-order valence-corrected chi connectivity index (χ1v) is 11.0. The smallest absolute Gasteiger partial charge is 0.323 e. The summed E-state index contributed by atoms with van der Waals surface area (Å²) in [7, 11) is 0. The molecule has 0 unspecified atom stereocenters. The van der Waals surface area contributed by atoms with Crippen LogP contribution in [0.3, 0.4) is 0 Å². The van der Waals surface area contributed by atoms with Gasteiger partial charge in [0.05, 0.1) is 17.6 Å². The van der Waals surface area contributed by atoms with E-state index in [0.717, 1.165) is 25.2 Å². The molecule has 1 aromatic carbocycles. The van der Waals surface area contributed by atoms with Crippen molar-refractivity contribution in [1.82, 2.24) is 19.7 Å². The summed E-state index contributed by atoms with van der Waals surface area (Å²) in [4.78, 5) is 34.9. The number of carbonyl (C=O) groups is 2. The lowest BCUT2D eigenvalue weighted by Crippen LogP contribution is -2.59. The molecule has 9 heteroatoms. The van der Waals surface area contributed by atoms with Crippen molar-refractivity contribution >= 4 is 23.4 Å². The van der Waals surface area contributed by atoms with Crippen LogP contribution in [0.25, 0.3) is 0 Å². The highest BCUT2D eigenvalue weighted by atomic mass is 19.1. The number of benzene rings is 1. The monoisotopic (exact) mass is 440 g/mol. The van der Waals surface area contributed by atoms with Crippen LogP contribution in [0.5, 0.6) is 0 Å². The van der Waals surface area contributed by atoms with E-state index >= 15 is 4.39 Å². The largest absolute Gasteiger partial charge is 0.325 e. The highest BCUT2D eigenvalue weighted by Crippen LogP contribution is 2.22. The zero-order valence-electron chi connectivity index (χ0n) is 18.5. The number of pyridine rings is 1. The Morgan fingerprint density at radius 2 is 1.94 bits per heavy atom. The molecule has 2 aromatic rings. The van der Waals surface area contributed by atoms with Gasteiger partial charge in [0.25, 0.3) is 0 Å². The average molecular weight is 441 g/mol. The molecule has 32 heavy (non-hydrogen) atoms. The molecular formula is C23H29FN6O2. The SMILES string of the molecule is Cc1ccc(NC(=O)Nc2cccc(CN3CCN(C(=O)N4CCC4)[C@@H](C)C3)c2F)cn1. The van der Waals surface area contributed by atoms with E-state index in [1.165, 1.54) is 6.07 Å². The predicted octanol–water partition coefficient (Wildman–Crippen LogP) is 3.50. The van der Waals surface area contributed by atoms with Gasteiger partial charge in [-0.15, -0.1) is 0 Å². The number of nitrogens with zero attached hydrogens (tertiary/aromatic N) is 4. The molecule has 0 radical (unpaired) electrons. The summed E-state index contributed by atoms with van der Waals surface area (Å²) in [6, 6.07) is 8.16. The number of halogens is 1. The van der Waals surface area contributed by atoms with Gasteiger partial charge in [0.15, 0.2) is 5.82 Å². The van der Waals surface area contributed by atoms with Gasteiger partial charge in [-0.1, -0.05) is 12.1 Å². The van der Waals surface area contributed by atoms with Gasteiger partial charge in [0.1, 0.15) is 0 Å². The number of anilines is 2. The number of aryl methyl sites for hydroxylation is 1. The van der Waals surface area contributed by atoms with Gasteiger partial charge >= 0.3 is 12.1 Å². The second-order valence-electron chi connectivity index (χ2n) is 8.45. The fraction of sp³-hybridized carbons (Fsp3) is 0.435. The molecule has 8 nitrogen and oxygen atoms in total. The van der Waals surface area contributed by atoms with Crippen molar-refractivity contribution in [3.63, 3.8) is 0 Å². The van der Waals surface area contributed by atoms with E-state index in [0.29, 0.717) is 37.4 Å². The molecule has 2 aliphatic rings. The van der Waals surface area contributed by atoms with Crippen LogP contribution in [0.4, 0.5) is 25.4 Å². The quantitative estimate of drug-likeness (QED) is 0.763. The summed E-state index contributed by atoms with van der Waals surface area (Å²) < 4.78 is 15.1. The second kappa shape index (κ2) is 9.52. The standard InChI is InChI=1S/C23H29FN6O2/c1-16-7-8-19(13-25-16)26-22(31)27-20-6-3-5-18(21(20)24)15-28-11-12-30(17(2)14-28)23(32)29-9-4-10-29/h3,5-8,13,17H,4,9-12,14-15H2,1-2H3,(H2,26,27,31)/t17-/m0/s1. The minimum absolute atomic E-state index is 0.0649. The van der Waals surface area contributed by atoms with Crippen molar-refractivity contribution in [3.8, 4) is 0 Å². The lowest BCUT2D eigenvalue weighted by Gasteiger charge is -2.44. The number of urea groups is 2. The molecule has 2 aliphatic heterocycles. The van der Waals surface area contributed by atoms with E-state index in [2.05, 4.69) is 20.5 Å². The molecule has 4 amide bonds. The average Bonchev–Trinajstić information content (AvgIpc) is 2.71. The predicted molar refractivity (Wildman–Crippen MR) is 121 cm³/mol. The maximum Gasteiger partial charge on any atom is 0.323 e. The highest BCUT2D eigenvalue weighted by Gasteiger charge is 2.32. The van der Waals surface area contributed by atoms with E-state index in [1.54, 1.807) is 30.5 Å². The number of nitrogens with one attached hydrogen (secondary N) is 2. The van der Waals surface area contributed by atoms with E-state index < -0.39 is 11.8 Å². The van der Waals surface area contributed by atoms with Crippen LogP contribution in [0.15, 0.2) is 36.5 Å². The zero-order chi connectivity index (χ0) is 22.7. The van der Waals surface area contributed by atoms with Crippen LogP contribution in [0, 0.1) is 12.7 Å². The maximum atomic E-state index is 15.1. The minimum Gasteiger partial charge on any atom is -0.325 e. The third-order valence-electron chi connectivity index (χ3n) is 5.97. The molecular weight excluding hydrogens is 411 g/mol. The minimum atomic E-state index is -0.529. The molecule has 0 bridgehead atoms. The van der Waals surface area contributed by atoms with Crippen molar-refractivity contribution in [2.24, 2.45) is 0 Å². The van der Waals surface area contributed by atoms with Gasteiger partial charge in [0.2, 0.25) is 0 Å². The van der Waals surface area contributed by atoms with Gasteiger partial charge in [-0.05, 0) is 38.5 Å². The lowest BCUT2D eigenvalue weighted by atomic mass is 10.1. The van der Waals surface area contributed by atoms with E-state index in [-0.39, 0.29) is 17.8 Å². The number of piperazine rings is 1. The number of hydrogen-bond donors (Lipinski definition) is 2. The molecule has 1 atom stereocenters. The number of rotatable bonds is 4. The highest BCUT2D eigenvalue weighted by molar-refractivity contribution is 5.99. The molecule has 170 valence electrons. The van der Waals surface area contributed by atoms with Crippen molar-refractivity contribution in [2.75, 3.05) is 43.4 Å². The summed E-state index contributed by atoms with van der Waals surface area (Å²) in [5, 5.41) is 5.23. The Morgan fingerprint density at radius 3 is 2.59 bits per heavy atom. The number of carbonyl (C=O) groups excluding carboxylic acids is 2. The first-order valence-electron chi connectivity index (χ1n) is 11.0. The molecule has 2 fully saturated rings. The number of amides is 4. The lowest BCUT2D eigenvalue weighted by molar-refractivity contribution is 0.0658. The molecule has 0 saturated carbocycles. The van der Waals surface area contributed by atoms with Crippen molar-refractivity contribution in [2.45, 2.75) is 32.9 Å². The summed E-state index contributed by atoms with van der Waals surface area (Å²) >= 11 is 0. The Hall–Kier alpha value is -3.20. The van der Waals surface area contributed by atoms with Crippen LogP contribution in [-0.2, 0) is 6.54 Å². The molecule has 0 aliphatic carbocycles. The Morgan fingerprint density at radius 1 is 1.12 bits per heavy atom. The van der Waals surface area contributed by atoms with Crippen molar-refractivity contribution in [1.29, 1.82) is 0 Å². The van der Waals surface area contributed by atoms with Gasteiger partial charge < -0.3 is 20.4 Å². The molecule has 4 rings (SSSR count). The summed E-state index contributed by atoms with van der Waals surface area (Å²) in [5.41, 5.74) is 2.01. The van der Waals surface area contributed by atoms with Gasteiger partial charge in [-0.3, -0.25) is 9.88 Å². The Labute approximate surface area is 187 Å². The molecule has 3 heterocycles. The normalized spacial score (nSPS) is 18.8. The number of aromatic nitrogens is 1. The number of hydrogen-bond acceptors (Lipinski definition) is 4.